The Morgan fingerprint density at radius 1 is 1.32 bits per heavy atom. The molecule has 2 fully saturated rings. The van der Waals surface area contributed by atoms with E-state index in [1.54, 1.807) is 0 Å². The zero-order chi connectivity index (χ0) is 20.7. The van der Waals surface area contributed by atoms with E-state index in [9.17, 15) is 4.79 Å². The van der Waals surface area contributed by atoms with Crippen molar-refractivity contribution >= 4 is 62.2 Å². The molecule has 0 bridgehead atoms. The van der Waals surface area contributed by atoms with E-state index in [0.29, 0.717) is 0 Å². The zero-order valence-corrected chi connectivity index (χ0v) is 22.3. The summed E-state index contributed by atoms with van der Waals surface area (Å²) in [5, 5.41) is 0.136. The number of aliphatic imine (C=N–C) groups is 1. The van der Waals surface area contributed by atoms with Gasteiger partial charge in [0.1, 0.15) is 0 Å². The number of amidine groups is 1. The van der Waals surface area contributed by atoms with Crippen molar-refractivity contribution in [2.24, 2.45) is 10.9 Å². The van der Waals surface area contributed by atoms with Crippen molar-refractivity contribution in [1.82, 2.24) is 4.90 Å². The molecule has 2 aliphatic rings. The van der Waals surface area contributed by atoms with Crippen LogP contribution >= 0.6 is 22.6 Å². The van der Waals surface area contributed by atoms with Gasteiger partial charge in [0.15, 0.2) is 0 Å². The first kappa shape index (κ1) is 22.2. The standard InChI is InChI=1S/C21H29IN2O2SeSi/c1-14(26-28(5,6)21(2,3)4)18-17-12-16(13-22)27-20(24(17)19(18)25)23-15-10-8-7-9-11-15/h7-11,13-14,17-18H,12H2,1-6H3/b16-13+,23-20?/t14-,17-,18-/m1/s1. The van der Waals surface area contributed by atoms with Crippen LogP contribution in [0, 0.1) is 5.92 Å². The van der Waals surface area contributed by atoms with E-state index >= 15 is 0 Å². The molecule has 2 saturated heterocycles. The fraction of sp³-hybridized carbons (Fsp3) is 0.524. The molecule has 28 heavy (non-hydrogen) atoms. The second-order valence-corrected chi connectivity index (χ2v) is 16.7. The second kappa shape index (κ2) is 8.34. The van der Waals surface area contributed by atoms with E-state index in [0.717, 1.165) is 16.8 Å². The van der Waals surface area contributed by atoms with Crippen molar-refractivity contribution in [3.8, 4) is 0 Å². The molecule has 0 N–H and O–H groups in total. The van der Waals surface area contributed by atoms with E-state index < -0.39 is 8.32 Å². The monoisotopic (exact) mass is 576 g/mol. The molecule has 1 aromatic carbocycles. The number of benzene rings is 1. The van der Waals surface area contributed by atoms with Crippen molar-refractivity contribution < 1.29 is 9.22 Å². The number of carbonyl (C=O) groups is 1. The van der Waals surface area contributed by atoms with Gasteiger partial charge in [0.25, 0.3) is 0 Å². The number of rotatable bonds is 4. The Morgan fingerprint density at radius 2 is 1.96 bits per heavy atom. The van der Waals surface area contributed by atoms with Crippen molar-refractivity contribution in [2.75, 3.05) is 0 Å². The van der Waals surface area contributed by atoms with E-state index in [1.165, 1.54) is 4.47 Å². The van der Waals surface area contributed by atoms with E-state index in [1.807, 2.05) is 35.2 Å². The molecule has 2 heterocycles. The summed E-state index contributed by atoms with van der Waals surface area (Å²) in [6, 6.07) is 10.1. The van der Waals surface area contributed by atoms with E-state index in [4.69, 9.17) is 9.42 Å². The van der Waals surface area contributed by atoms with Crippen LogP contribution in [0.3, 0.4) is 0 Å². The molecule has 1 aromatic rings. The second-order valence-electron chi connectivity index (χ2n) is 9.00. The number of carbonyl (C=O) groups excluding carboxylic acids is 1. The molecule has 1 amide bonds. The Bertz CT molecular complexity index is 804. The van der Waals surface area contributed by atoms with Gasteiger partial charge in [-0.15, -0.1) is 0 Å². The predicted molar refractivity (Wildman–Crippen MR) is 128 cm³/mol. The van der Waals surface area contributed by atoms with Crippen LogP contribution in [0.25, 0.3) is 0 Å². The Labute approximate surface area is 189 Å². The van der Waals surface area contributed by atoms with Crippen molar-refractivity contribution in [2.45, 2.75) is 64.4 Å². The molecule has 2 aliphatic heterocycles. The molecule has 152 valence electrons. The summed E-state index contributed by atoms with van der Waals surface area (Å²) < 4.78 is 11.1. The summed E-state index contributed by atoms with van der Waals surface area (Å²) in [6.07, 6.45) is 0.881. The van der Waals surface area contributed by atoms with E-state index in [2.05, 4.69) is 67.5 Å². The van der Waals surface area contributed by atoms with Gasteiger partial charge < -0.3 is 0 Å². The van der Waals surface area contributed by atoms with Gasteiger partial charge in [-0.25, -0.2) is 0 Å². The van der Waals surface area contributed by atoms with Crippen LogP contribution in [0.15, 0.2) is 43.9 Å². The van der Waals surface area contributed by atoms with Crippen LogP contribution in [-0.2, 0) is 9.22 Å². The minimum absolute atomic E-state index is 0.0614. The van der Waals surface area contributed by atoms with Crippen LogP contribution in [-0.4, -0.2) is 51.0 Å². The first-order valence-corrected chi connectivity index (χ1v) is 15.5. The van der Waals surface area contributed by atoms with Crippen LogP contribution in [0.1, 0.15) is 34.1 Å². The fourth-order valence-corrected chi connectivity index (χ4v) is 7.88. The molecule has 0 radical (unpaired) electrons. The van der Waals surface area contributed by atoms with E-state index in [-0.39, 0.29) is 44.0 Å². The van der Waals surface area contributed by atoms with Crippen molar-refractivity contribution in [3.05, 3.63) is 38.9 Å². The molecule has 0 aliphatic carbocycles. The number of hydrogen-bond acceptors (Lipinski definition) is 3. The fourth-order valence-electron chi connectivity index (χ4n) is 3.42. The SMILES string of the molecule is C[C@@H](O[Si](C)(C)C(C)(C)C)[C@H]1C(=O)N2C(=Nc3ccccc3)[Se]/C(=C/I)C[C@H]12. The molecule has 3 atom stereocenters. The summed E-state index contributed by atoms with van der Waals surface area (Å²) in [4.78, 5) is 19.9. The van der Waals surface area contributed by atoms with Crippen LogP contribution < -0.4 is 0 Å². The van der Waals surface area contributed by atoms with Gasteiger partial charge in [-0.1, -0.05) is 0 Å². The van der Waals surface area contributed by atoms with Gasteiger partial charge in [0, 0.05) is 0 Å². The summed E-state index contributed by atoms with van der Waals surface area (Å²) in [5.74, 6) is 0.109. The summed E-state index contributed by atoms with van der Waals surface area (Å²) in [6.45, 7) is 13.3. The van der Waals surface area contributed by atoms with Crippen LogP contribution in [0.2, 0.25) is 18.1 Å². The number of para-hydroxylation sites is 1. The summed E-state index contributed by atoms with van der Waals surface area (Å²) in [5.41, 5.74) is 0.912. The maximum absolute atomic E-state index is 13.1. The normalized spacial score (nSPS) is 27.0. The maximum atomic E-state index is 13.1. The third-order valence-electron chi connectivity index (χ3n) is 6.00. The third kappa shape index (κ3) is 4.33. The summed E-state index contributed by atoms with van der Waals surface area (Å²) >= 11 is 2.42. The number of amides is 1. The molecule has 0 aromatic heterocycles. The zero-order valence-electron chi connectivity index (χ0n) is 17.4. The topological polar surface area (TPSA) is 41.9 Å². The molecule has 7 heteroatoms. The molecule has 0 saturated carbocycles. The minimum atomic E-state index is -1.92. The third-order valence-corrected chi connectivity index (χ3v) is 14.4. The van der Waals surface area contributed by atoms with Gasteiger partial charge in [-0.3, -0.25) is 0 Å². The average Bonchev–Trinajstić information content (AvgIpc) is 2.60. The van der Waals surface area contributed by atoms with Crippen molar-refractivity contribution in [3.63, 3.8) is 0 Å². The van der Waals surface area contributed by atoms with Crippen LogP contribution in [0.4, 0.5) is 5.69 Å². The number of halogens is 1. The molecule has 0 spiro atoms. The molecule has 3 rings (SSSR count). The first-order chi connectivity index (χ1) is 13.0. The average molecular weight is 575 g/mol. The van der Waals surface area contributed by atoms with Gasteiger partial charge in [-0.2, -0.15) is 0 Å². The number of hydrogen-bond donors (Lipinski definition) is 0. The van der Waals surface area contributed by atoms with Gasteiger partial charge in [-0.05, 0) is 0 Å². The molecular formula is C21H29IN2O2SeSi. The molecule has 0 unspecified atom stereocenters. The summed E-state index contributed by atoms with van der Waals surface area (Å²) in [7, 11) is -1.92. The number of nitrogens with zero attached hydrogens (tertiary/aromatic N) is 2. The number of β-lactam (4-membered cyclic amide) rings is 1. The first-order valence-electron chi connectivity index (χ1n) is 9.67. The van der Waals surface area contributed by atoms with Gasteiger partial charge in [0.2, 0.25) is 0 Å². The Kier molecular flexibility index (Phi) is 6.62. The molecular weight excluding hydrogens is 546 g/mol. The Morgan fingerprint density at radius 3 is 2.54 bits per heavy atom. The predicted octanol–water partition coefficient (Wildman–Crippen LogP) is 5.30. The van der Waals surface area contributed by atoms with Gasteiger partial charge >= 0.3 is 191 Å². The number of fused-ring (bicyclic) bond motifs is 1. The molecule has 4 nitrogen and oxygen atoms in total. The van der Waals surface area contributed by atoms with Crippen molar-refractivity contribution in [1.29, 1.82) is 0 Å². The van der Waals surface area contributed by atoms with Crippen LogP contribution in [0.5, 0.6) is 0 Å². The Balaban J connectivity index is 1.84. The Hall–Kier alpha value is -0.474. The quantitative estimate of drug-likeness (QED) is 0.278. The van der Waals surface area contributed by atoms with Gasteiger partial charge in [0.05, 0.1) is 0 Å².